The van der Waals surface area contributed by atoms with Crippen molar-refractivity contribution in [3.05, 3.63) is 30.3 Å². The number of thioether (sulfide) groups is 1. The van der Waals surface area contributed by atoms with E-state index in [1.165, 1.54) is 17.7 Å². The fourth-order valence-corrected chi connectivity index (χ4v) is 3.51. The van der Waals surface area contributed by atoms with Gasteiger partial charge in [0.25, 0.3) is 0 Å². The lowest BCUT2D eigenvalue weighted by molar-refractivity contribution is -0.110. The van der Waals surface area contributed by atoms with Gasteiger partial charge >= 0.3 is 0 Å². The van der Waals surface area contributed by atoms with Crippen molar-refractivity contribution in [2.45, 2.75) is 23.3 Å². The molecule has 3 rings (SSSR count). The molecule has 0 atom stereocenters. The third kappa shape index (κ3) is 2.67. The van der Waals surface area contributed by atoms with Gasteiger partial charge in [0, 0.05) is 30.3 Å². The molecule has 0 radical (unpaired) electrons. The largest absolute Gasteiger partial charge is 0.387 e. The maximum absolute atomic E-state index is 10.2. The highest BCUT2D eigenvalue weighted by molar-refractivity contribution is 7.99. The predicted octanol–water partition coefficient (Wildman–Crippen LogP) is 2.24. The Labute approximate surface area is 107 Å². The van der Waals surface area contributed by atoms with Crippen LogP contribution in [0.5, 0.6) is 0 Å². The Kier molecular flexibility index (Phi) is 3.16. The molecule has 0 aromatic heterocycles. The van der Waals surface area contributed by atoms with Crippen LogP contribution < -0.4 is 0 Å². The van der Waals surface area contributed by atoms with Gasteiger partial charge in [-0.15, -0.1) is 11.8 Å². The number of rotatable bonds is 5. The van der Waals surface area contributed by atoms with Crippen LogP contribution >= 0.6 is 11.8 Å². The van der Waals surface area contributed by atoms with E-state index in [1.54, 1.807) is 0 Å². The Morgan fingerprint density at radius 3 is 2.59 bits per heavy atom. The zero-order valence-electron chi connectivity index (χ0n) is 10.0. The van der Waals surface area contributed by atoms with E-state index in [1.807, 2.05) is 11.8 Å². The minimum absolute atomic E-state index is 0.322. The molecule has 1 saturated heterocycles. The summed E-state index contributed by atoms with van der Waals surface area (Å²) in [4.78, 5) is 3.71. The van der Waals surface area contributed by atoms with E-state index in [9.17, 15) is 5.11 Å². The molecule has 1 aliphatic carbocycles. The Bertz CT molecular complexity index is 371. The molecule has 2 nitrogen and oxygen atoms in total. The number of β-amino-alcohol motifs (C(OH)–C–C–N with tert-alkyl or cyclic N) is 1. The highest BCUT2D eigenvalue weighted by Crippen LogP contribution is 2.44. The first-order valence-electron chi connectivity index (χ1n) is 6.39. The molecule has 2 aliphatic rings. The summed E-state index contributed by atoms with van der Waals surface area (Å²) in [6.45, 7) is 2.88. The van der Waals surface area contributed by atoms with Gasteiger partial charge in [0.1, 0.15) is 0 Å². The van der Waals surface area contributed by atoms with Gasteiger partial charge < -0.3 is 5.11 Å². The number of aliphatic hydroxyl groups is 1. The van der Waals surface area contributed by atoms with Crippen LogP contribution in [-0.4, -0.2) is 41.0 Å². The third-order valence-electron chi connectivity index (χ3n) is 3.75. The summed E-state index contributed by atoms with van der Waals surface area (Å²) in [5, 5.41) is 10.2. The molecule has 1 aromatic rings. The smallest absolute Gasteiger partial charge is 0.0928 e. The molecular weight excluding hydrogens is 230 g/mol. The highest BCUT2D eigenvalue weighted by atomic mass is 32.2. The first-order chi connectivity index (χ1) is 8.26. The number of hydrogen-bond acceptors (Lipinski definition) is 3. The molecule has 1 heterocycles. The average molecular weight is 249 g/mol. The van der Waals surface area contributed by atoms with E-state index in [4.69, 9.17) is 0 Å². The van der Waals surface area contributed by atoms with Crippen LogP contribution in [0.15, 0.2) is 35.2 Å². The van der Waals surface area contributed by atoms with Crippen molar-refractivity contribution in [3.8, 4) is 0 Å². The van der Waals surface area contributed by atoms with Gasteiger partial charge in [-0.05, 0) is 30.9 Å². The van der Waals surface area contributed by atoms with E-state index in [-0.39, 0.29) is 5.60 Å². The van der Waals surface area contributed by atoms with Crippen LogP contribution in [0.2, 0.25) is 0 Å². The molecule has 2 fully saturated rings. The normalized spacial score (nSPS) is 23.4. The second-order valence-electron chi connectivity index (χ2n) is 5.25. The lowest BCUT2D eigenvalue weighted by atomic mass is 9.89. The topological polar surface area (TPSA) is 23.5 Å². The summed E-state index contributed by atoms with van der Waals surface area (Å²) in [6.07, 6.45) is 2.48. The van der Waals surface area contributed by atoms with Gasteiger partial charge in [0.15, 0.2) is 0 Å². The lowest BCUT2D eigenvalue weighted by Crippen LogP contribution is -2.63. The van der Waals surface area contributed by atoms with E-state index in [0.717, 1.165) is 25.4 Å². The predicted molar refractivity (Wildman–Crippen MR) is 71.3 cm³/mol. The second kappa shape index (κ2) is 4.63. The molecule has 0 amide bonds. The molecule has 1 aromatic carbocycles. The summed E-state index contributed by atoms with van der Waals surface area (Å²) in [5.74, 6) is 1.73. The molecule has 1 N–H and O–H groups in total. The Hall–Kier alpha value is -0.510. The van der Waals surface area contributed by atoms with Crippen LogP contribution in [0.3, 0.4) is 0 Å². The Balaban J connectivity index is 1.36. The fourth-order valence-electron chi connectivity index (χ4n) is 2.57. The van der Waals surface area contributed by atoms with Crippen LogP contribution in [0.25, 0.3) is 0 Å². The van der Waals surface area contributed by atoms with E-state index >= 15 is 0 Å². The standard InChI is InChI=1S/C14H19NOS/c16-14(12-6-7-12)10-15(11-14)8-9-17-13-4-2-1-3-5-13/h1-5,12,16H,6-11H2. The van der Waals surface area contributed by atoms with E-state index < -0.39 is 0 Å². The monoisotopic (exact) mass is 249 g/mol. The van der Waals surface area contributed by atoms with Crippen molar-refractivity contribution in [2.75, 3.05) is 25.4 Å². The number of benzene rings is 1. The van der Waals surface area contributed by atoms with Gasteiger partial charge in [-0.25, -0.2) is 0 Å². The number of likely N-dealkylation sites (tertiary alicyclic amines) is 1. The molecule has 1 aliphatic heterocycles. The average Bonchev–Trinajstić information content (AvgIpc) is 3.12. The van der Waals surface area contributed by atoms with Gasteiger partial charge in [-0.3, -0.25) is 4.90 Å². The van der Waals surface area contributed by atoms with Crippen molar-refractivity contribution in [1.82, 2.24) is 4.90 Å². The van der Waals surface area contributed by atoms with Crippen molar-refractivity contribution in [3.63, 3.8) is 0 Å². The summed E-state index contributed by atoms with van der Waals surface area (Å²) >= 11 is 1.90. The lowest BCUT2D eigenvalue weighted by Gasteiger charge is -2.47. The molecular formula is C14H19NOS. The first-order valence-corrected chi connectivity index (χ1v) is 7.37. The third-order valence-corrected chi connectivity index (χ3v) is 4.74. The summed E-state index contributed by atoms with van der Waals surface area (Å²) in [6, 6.07) is 10.5. The van der Waals surface area contributed by atoms with Gasteiger partial charge in [0.05, 0.1) is 5.60 Å². The quantitative estimate of drug-likeness (QED) is 0.810. The van der Waals surface area contributed by atoms with Crippen LogP contribution in [0, 0.1) is 5.92 Å². The van der Waals surface area contributed by atoms with E-state index in [0.29, 0.717) is 5.92 Å². The van der Waals surface area contributed by atoms with Crippen molar-refractivity contribution in [2.24, 2.45) is 5.92 Å². The van der Waals surface area contributed by atoms with Crippen LogP contribution in [-0.2, 0) is 0 Å². The first kappa shape index (κ1) is 11.6. The minimum atomic E-state index is -0.322. The molecule has 0 spiro atoms. The molecule has 92 valence electrons. The molecule has 0 unspecified atom stereocenters. The SMILES string of the molecule is OC1(C2CC2)CN(CCSc2ccccc2)C1. The summed E-state index contributed by atoms with van der Waals surface area (Å²) in [5.41, 5.74) is -0.322. The number of nitrogens with zero attached hydrogens (tertiary/aromatic N) is 1. The van der Waals surface area contributed by atoms with Crippen LogP contribution in [0.1, 0.15) is 12.8 Å². The van der Waals surface area contributed by atoms with E-state index in [2.05, 4.69) is 35.2 Å². The molecule has 0 bridgehead atoms. The summed E-state index contributed by atoms with van der Waals surface area (Å²) < 4.78 is 0. The van der Waals surface area contributed by atoms with Gasteiger partial charge in [-0.1, -0.05) is 18.2 Å². The summed E-state index contributed by atoms with van der Waals surface area (Å²) in [7, 11) is 0. The Morgan fingerprint density at radius 2 is 1.94 bits per heavy atom. The van der Waals surface area contributed by atoms with Crippen LogP contribution in [0.4, 0.5) is 0 Å². The zero-order chi connectivity index (χ0) is 11.7. The second-order valence-corrected chi connectivity index (χ2v) is 6.42. The van der Waals surface area contributed by atoms with Gasteiger partial charge in [0.2, 0.25) is 0 Å². The maximum atomic E-state index is 10.2. The number of hydrogen-bond donors (Lipinski definition) is 1. The fraction of sp³-hybridized carbons (Fsp3) is 0.571. The molecule has 3 heteroatoms. The highest BCUT2D eigenvalue weighted by Gasteiger charge is 2.51. The Morgan fingerprint density at radius 1 is 1.24 bits per heavy atom. The van der Waals surface area contributed by atoms with Crippen molar-refractivity contribution in [1.29, 1.82) is 0 Å². The van der Waals surface area contributed by atoms with Crippen molar-refractivity contribution >= 4 is 11.8 Å². The minimum Gasteiger partial charge on any atom is -0.387 e. The maximum Gasteiger partial charge on any atom is 0.0928 e. The zero-order valence-corrected chi connectivity index (χ0v) is 10.8. The molecule has 17 heavy (non-hydrogen) atoms. The van der Waals surface area contributed by atoms with Crippen molar-refractivity contribution < 1.29 is 5.11 Å². The molecule has 1 saturated carbocycles. The van der Waals surface area contributed by atoms with Gasteiger partial charge in [-0.2, -0.15) is 0 Å².